The highest BCUT2D eigenvalue weighted by Crippen LogP contribution is 2.10. The van der Waals surface area contributed by atoms with Gasteiger partial charge in [-0.2, -0.15) is 0 Å². The van der Waals surface area contributed by atoms with Gasteiger partial charge in [-0.15, -0.1) is 15.3 Å². The van der Waals surface area contributed by atoms with Crippen LogP contribution < -0.4 is 0 Å². The number of rotatable bonds is 9. The third kappa shape index (κ3) is 4.47. The standard InChI is InChI=1S/C15H24N10/c1-4-23-10-13(16-19-23)7-22(8-14-11-24(5-2)20-17-14)9-15-12-25(6-3)21-18-15/h10-12H,4-9H2,1-3H3. The zero-order valence-corrected chi connectivity index (χ0v) is 14.9. The highest BCUT2D eigenvalue weighted by atomic mass is 15.4. The minimum Gasteiger partial charge on any atom is -0.285 e. The predicted octanol–water partition coefficient (Wildman–Crippen LogP) is 0.723. The summed E-state index contributed by atoms with van der Waals surface area (Å²) in [5.74, 6) is 0. The summed E-state index contributed by atoms with van der Waals surface area (Å²) < 4.78 is 5.48. The molecule has 0 amide bonds. The Kier molecular flexibility index (Phi) is 5.49. The first-order valence-corrected chi connectivity index (χ1v) is 8.59. The normalized spacial score (nSPS) is 11.5. The Hall–Kier alpha value is -2.62. The van der Waals surface area contributed by atoms with E-state index in [4.69, 9.17) is 0 Å². The Morgan fingerprint density at radius 3 is 1.20 bits per heavy atom. The average molecular weight is 344 g/mol. The predicted molar refractivity (Wildman–Crippen MR) is 90.0 cm³/mol. The fraction of sp³-hybridized carbons (Fsp3) is 0.600. The van der Waals surface area contributed by atoms with E-state index in [1.54, 1.807) is 0 Å². The molecule has 0 radical (unpaired) electrons. The van der Waals surface area contributed by atoms with Crippen LogP contribution in [0.15, 0.2) is 18.6 Å². The molecule has 3 rings (SSSR count). The van der Waals surface area contributed by atoms with Crippen LogP contribution in [0.4, 0.5) is 0 Å². The maximum absolute atomic E-state index is 4.24. The van der Waals surface area contributed by atoms with Gasteiger partial charge in [0.15, 0.2) is 0 Å². The van der Waals surface area contributed by atoms with Crippen LogP contribution in [0, 0.1) is 0 Å². The van der Waals surface area contributed by atoms with Gasteiger partial charge in [0.2, 0.25) is 0 Å². The molecule has 0 N–H and O–H groups in total. The summed E-state index contributed by atoms with van der Waals surface area (Å²) in [4.78, 5) is 2.22. The fourth-order valence-corrected chi connectivity index (χ4v) is 2.55. The van der Waals surface area contributed by atoms with E-state index in [0.717, 1.165) is 36.7 Å². The molecule has 3 heterocycles. The van der Waals surface area contributed by atoms with E-state index in [1.807, 2.05) is 53.4 Å². The topological polar surface area (TPSA) is 95.4 Å². The van der Waals surface area contributed by atoms with Gasteiger partial charge in [-0.3, -0.25) is 18.9 Å². The van der Waals surface area contributed by atoms with Crippen molar-refractivity contribution in [3.8, 4) is 0 Å². The van der Waals surface area contributed by atoms with E-state index in [1.165, 1.54) is 0 Å². The van der Waals surface area contributed by atoms with Crippen LogP contribution in [0.3, 0.4) is 0 Å². The van der Waals surface area contributed by atoms with Gasteiger partial charge in [0, 0.05) is 57.9 Å². The van der Waals surface area contributed by atoms with E-state index in [0.29, 0.717) is 19.6 Å². The molecule has 3 aromatic heterocycles. The van der Waals surface area contributed by atoms with Crippen LogP contribution in [-0.2, 0) is 39.3 Å². The number of aromatic nitrogens is 9. The number of nitrogens with zero attached hydrogens (tertiary/aromatic N) is 10. The molecule has 0 spiro atoms. The van der Waals surface area contributed by atoms with Gasteiger partial charge >= 0.3 is 0 Å². The van der Waals surface area contributed by atoms with Gasteiger partial charge in [0.1, 0.15) is 0 Å². The summed E-state index contributed by atoms with van der Waals surface area (Å²) in [6.45, 7) is 10.6. The summed E-state index contributed by atoms with van der Waals surface area (Å²) in [5.41, 5.74) is 2.77. The SMILES string of the molecule is CCn1cc(CN(Cc2cn(CC)nn2)Cc2cn(CC)nn2)nn1. The molecule has 3 aromatic rings. The Labute approximate surface area is 146 Å². The van der Waals surface area contributed by atoms with Crippen LogP contribution in [0.2, 0.25) is 0 Å². The molecule has 0 aliphatic heterocycles. The minimum absolute atomic E-state index is 0.665. The molecular weight excluding hydrogens is 320 g/mol. The van der Waals surface area contributed by atoms with Crippen molar-refractivity contribution in [2.75, 3.05) is 0 Å². The average Bonchev–Trinajstić information content (AvgIpc) is 3.35. The highest BCUT2D eigenvalue weighted by molar-refractivity contribution is 4.99. The Morgan fingerprint density at radius 1 is 0.640 bits per heavy atom. The molecule has 0 fully saturated rings. The van der Waals surface area contributed by atoms with Gasteiger partial charge in [0.25, 0.3) is 0 Å². The van der Waals surface area contributed by atoms with E-state index >= 15 is 0 Å². The van der Waals surface area contributed by atoms with Crippen LogP contribution in [0.1, 0.15) is 37.9 Å². The maximum atomic E-state index is 4.24. The molecule has 0 unspecified atom stereocenters. The lowest BCUT2D eigenvalue weighted by Gasteiger charge is -2.18. The van der Waals surface area contributed by atoms with Crippen molar-refractivity contribution in [1.29, 1.82) is 0 Å². The lowest BCUT2D eigenvalue weighted by Crippen LogP contribution is -2.23. The molecule has 25 heavy (non-hydrogen) atoms. The quantitative estimate of drug-likeness (QED) is 0.564. The summed E-state index contributed by atoms with van der Waals surface area (Å²) in [6, 6.07) is 0. The Balaban J connectivity index is 1.73. The highest BCUT2D eigenvalue weighted by Gasteiger charge is 2.14. The van der Waals surface area contributed by atoms with Crippen molar-refractivity contribution in [2.45, 2.75) is 60.0 Å². The van der Waals surface area contributed by atoms with E-state index in [9.17, 15) is 0 Å². The first-order valence-electron chi connectivity index (χ1n) is 8.59. The molecule has 10 heteroatoms. The monoisotopic (exact) mass is 344 g/mol. The molecule has 0 aliphatic rings. The molecule has 0 aliphatic carbocycles. The maximum Gasteiger partial charge on any atom is 0.0967 e. The van der Waals surface area contributed by atoms with E-state index in [-0.39, 0.29) is 0 Å². The molecule has 0 saturated heterocycles. The summed E-state index contributed by atoms with van der Waals surface area (Å²) in [7, 11) is 0. The zero-order chi connectivity index (χ0) is 17.6. The Bertz CT molecular complexity index is 680. The van der Waals surface area contributed by atoms with Crippen LogP contribution >= 0.6 is 0 Å². The van der Waals surface area contributed by atoms with Crippen LogP contribution in [0.5, 0.6) is 0 Å². The molecule has 134 valence electrons. The van der Waals surface area contributed by atoms with Gasteiger partial charge < -0.3 is 0 Å². The van der Waals surface area contributed by atoms with E-state index < -0.39 is 0 Å². The summed E-state index contributed by atoms with van der Waals surface area (Å²) in [5, 5.41) is 25.1. The second-order valence-corrected chi connectivity index (χ2v) is 5.84. The van der Waals surface area contributed by atoms with Gasteiger partial charge in [-0.25, -0.2) is 0 Å². The molecule has 0 aromatic carbocycles. The first kappa shape index (κ1) is 17.2. The number of hydrogen-bond donors (Lipinski definition) is 0. The van der Waals surface area contributed by atoms with Crippen LogP contribution in [-0.4, -0.2) is 49.9 Å². The van der Waals surface area contributed by atoms with Gasteiger partial charge in [-0.05, 0) is 20.8 Å². The smallest absolute Gasteiger partial charge is 0.0967 e. The van der Waals surface area contributed by atoms with Crippen molar-refractivity contribution >= 4 is 0 Å². The van der Waals surface area contributed by atoms with Crippen LogP contribution in [0.25, 0.3) is 0 Å². The van der Waals surface area contributed by atoms with Crippen molar-refractivity contribution in [1.82, 2.24) is 49.9 Å². The third-order valence-corrected chi connectivity index (χ3v) is 3.89. The summed E-state index contributed by atoms with van der Waals surface area (Å²) >= 11 is 0. The minimum atomic E-state index is 0.665. The molecular formula is C15H24N10. The van der Waals surface area contributed by atoms with Crippen molar-refractivity contribution in [3.05, 3.63) is 35.7 Å². The van der Waals surface area contributed by atoms with Gasteiger partial charge in [-0.1, -0.05) is 15.6 Å². The van der Waals surface area contributed by atoms with Gasteiger partial charge in [0.05, 0.1) is 17.1 Å². The largest absolute Gasteiger partial charge is 0.285 e. The fourth-order valence-electron chi connectivity index (χ4n) is 2.55. The van der Waals surface area contributed by atoms with Crippen molar-refractivity contribution in [3.63, 3.8) is 0 Å². The molecule has 0 saturated carbocycles. The molecule has 10 nitrogen and oxygen atoms in total. The second-order valence-electron chi connectivity index (χ2n) is 5.84. The third-order valence-electron chi connectivity index (χ3n) is 3.89. The zero-order valence-electron chi connectivity index (χ0n) is 14.9. The molecule has 0 bridgehead atoms. The second kappa shape index (κ2) is 7.97. The summed E-state index contributed by atoms with van der Waals surface area (Å²) in [6.07, 6.45) is 5.91. The lowest BCUT2D eigenvalue weighted by atomic mass is 10.3. The van der Waals surface area contributed by atoms with Crippen molar-refractivity contribution in [2.24, 2.45) is 0 Å². The Morgan fingerprint density at radius 2 is 0.960 bits per heavy atom. The van der Waals surface area contributed by atoms with E-state index in [2.05, 4.69) is 35.8 Å². The first-order chi connectivity index (χ1) is 12.2. The molecule has 0 atom stereocenters. The van der Waals surface area contributed by atoms with Crippen molar-refractivity contribution < 1.29 is 0 Å². The lowest BCUT2D eigenvalue weighted by molar-refractivity contribution is 0.238. The number of aryl methyl sites for hydroxylation is 3. The number of hydrogen-bond acceptors (Lipinski definition) is 7.